The van der Waals surface area contributed by atoms with E-state index in [2.05, 4.69) is 40.0 Å². The van der Waals surface area contributed by atoms with Crippen LogP contribution in [0.25, 0.3) is 0 Å². The van der Waals surface area contributed by atoms with Crippen molar-refractivity contribution >= 4 is 17.6 Å². The van der Waals surface area contributed by atoms with Gasteiger partial charge in [0.15, 0.2) is 5.69 Å². The number of aromatic nitrogens is 2. The molecule has 1 heterocycles. The van der Waals surface area contributed by atoms with E-state index in [1.165, 1.54) is 15.8 Å². The Bertz CT molecular complexity index is 745. The summed E-state index contributed by atoms with van der Waals surface area (Å²) in [6.45, 7) is 2.59. The zero-order valence-electron chi connectivity index (χ0n) is 14.0. The Morgan fingerprint density at radius 3 is 2.62 bits per heavy atom. The molecule has 6 nitrogen and oxygen atoms in total. The van der Waals surface area contributed by atoms with Crippen LogP contribution >= 0.6 is 0 Å². The molecular weight excluding hydrogens is 304 g/mol. The number of hydrogen-bond acceptors (Lipinski definition) is 3. The molecule has 1 aromatic heterocycles. The number of hydrogen-bond donors (Lipinski definition) is 2. The van der Waals surface area contributed by atoms with Gasteiger partial charge in [0.2, 0.25) is 5.91 Å². The van der Waals surface area contributed by atoms with Gasteiger partial charge in [-0.3, -0.25) is 14.3 Å². The number of carbonyl (C=O) groups is 2. The highest BCUT2D eigenvalue weighted by molar-refractivity contribution is 5.96. The topological polar surface area (TPSA) is 76.0 Å². The Morgan fingerprint density at radius 2 is 1.96 bits per heavy atom. The second-order valence-corrected chi connectivity index (χ2v) is 6.29. The van der Waals surface area contributed by atoms with Crippen molar-refractivity contribution < 1.29 is 9.59 Å². The molecule has 1 aliphatic carbocycles. The molecule has 0 saturated heterocycles. The van der Waals surface area contributed by atoms with Crippen molar-refractivity contribution in [3.8, 4) is 0 Å². The first kappa shape index (κ1) is 16.2. The number of nitrogens with zero attached hydrogens (tertiary/aromatic N) is 2. The molecule has 1 saturated carbocycles. The molecule has 6 heteroatoms. The molecule has 0 atom stereocenters. The third-order valence-electron chi connectivity index (χ3n) is 4.13. The summed E-state index contributed by atoms with van der Waals surface area (Å²) >= 11 is 0. The second kappa shape index (κ2) is 6.86. The molecule has 126 valence electrons. The minimum absolute atomic E-state index is 0.00401. The lowest BCUT2D eigenvalue weighted by atomic mass is 10.1. The minimum Gasteiger partial charge on any atom is -0.350 e. The third kappa shape index (κ3) is 4.01. The van der Waals surface area contributed by atoms with Crippen LogP contribution in [0.1, 0.15) is 34.5 Å². The number of carbonyl (C=O) groups excluding carboxylic acids is 2. The summed E-state index contributed by atoms with van der Waals surface area (Å²) in [5.74, 6) is 0.441. The highest BCUT2D eigenvalue weighted by atomic mass is 16.2. The number of nitrogens with one attached hydrogen (secondary N) is 2. The van der Waals surface area contributed by atoms with Crippen LogP contribution in [0.2, 0.25) is 0 Å². The van der Waals surface area contributed by atoms with Crippen LogP contribution in [0.4, 0.5) is 5.82 Å². The Labute approximate surface area is 141 Å². The van der Waals surface area contributed by atoms with Crippen molar-refractivity contribution in [2.45, 2.75) is 26.2 Å². The summed E-state index contributed by atoms with van der Waals surface area (Å²) in [5.41, 5.74) is 2.71. The van der Waals surface area contributed by atoms with E-state index in [9.17, 15) is 9.59 Å². The van der Waals surface area contributed by atoms with Crippen molar-refractivity contribution in [1.82, 2.24) is 15.1 Å². The molecule has 0 radical (unpaired) electrons. The lowest BCUT2D eigenvalue weighted by molar-refractivity contribution is -0.117. The average molecular weight is 326 g/mol. The second-order valence-electron chi connectivity index (χ2n) is 6.29. The van der Waals surface area contributed by atoms with Crippen LogP contribution in [-0.4, -0.2) is 28.1 Å². The van der Waals surface area contributed by atoms with Crippen molar-refractivity contribution in [2.24, 2.45) is 13.0 Å². The quantitative estimate of drug-likeness (QED) is 0.853. The molecule has 0 aliphatic heterocycles. The number of benzene rings is 1. The van der Waals surface area contributed by atoms with Gasteiger partial charge in [0.25, 0.3) is 5.91 Å². The fourth-order valence-electron chi connectivity index (χ4n) is 2.43. The molecule has 2 N–H and O–H groups in total. The van der Waals surface area contributed by atoms with E-state index >= 15 is 0 Å². The van der Waals surface area contributed by atoms with Gasteiger partial charge in [0, 0.05) is 25.6 Å². The zero-order chi connectivity index (χ0) is 17.1. The van der Waals surface area contributed by atoms with Crippen molar-refractivity contribution in [1.29, 1.82) is 0 Å². The molecule has 0 unspecified atom stereocenters. The van der Waals surface area contributed by atoms with Crippen LogP contribution in [-0.2, 0) is 18.3 Å². The largest absolute Gasteiger partial charge is 0.350 e. The number of anilines is 1. The molecule has 0 bridgehead atoms. The Balaban J connectivity index is 1.52. The van der Waals surface area contributed by atoms with Gasteiger partial charge in [-0.15, -0.1) is 0 Å². The van der Waals surface area contributed by atoms with Crippen molar-refractivity contribution in [2.75, 3.05) is 11.9 Å². The van der Waals surface area contributed by atoms with Gasteiger partial charge in [-0.1, -0.05) is 29.8 Å². The van der Waals surface area contributed by atoms with E-state index in [0.717, 1.165) is 19.3 Å². The zero-order valence-corrected chi connectivity index (χ0v) is 14.0. The van der Waals surface area contributed by atoms with E-state index in [1.807, 2.05) is 6.92 Å². The van der Waals surface area contributed by atoms with Crippen LogP contribution in [0.3, 0.4) is 0 Å². The van der Waals surface area contributed by atoms with E-state index in [1.54, 1.807) is 13.1 Å². The molecule has 1 aromatic carbocycles. The molecule has 2 aromatic rings. The van der Waals surface area contributed by atoms with Crippen LogP contribution in [0.15, 0.2) is 30.3 Å². The third-order valence-corrected chi connectivity index (χ3v) is 4.13. The minimum atomic E-state index is -0.232. The standard InChI is InChI=1S/C18H22N4O2/c1-12-3-5-13(6-4-12)9-10-19-18(24)15-11-16(22(2)21-15)20-17(23)14-7-8-14/h3-6,11,14H,7-10H2,1-2H3,(H,19,24)(H,20,23). The Morgan fingerprint density at radius 1 is 1.25 bits per heavy atom. The van der Waals surface area contributed by atoms with E-state index in [0.29, 0.717) is 18.1 Å². The molecule has 1 aliphatic rings. The van der Waals surface area contributed by atoms with Gasteiger partial charge in [-0.25, -0.2) is 0 Å². The molecule has 2 amide bonds. The first-order chi connectivity index (χ1) is 11.5. The lowest BCUT2D eigenvalue weighted by Crippen LogP contribution is -2.26. The van der Waals surface area contributed by atoms with Crippen LogP contribution in [0.5, 0.6) is 0 Å². The molecule has 24 heavy (non-hydrogen) atoms. The van der Waals surface area contributed by atoms with Gasteiger partial charge < -0.3 is 10.6 Å². The van der Waals surface area contributed by atoms with Crippen molar-refractivity contribution in [3.63, 3.8) is 0 Å². The fourth-order valence-corrected chi connectivity index (χ4v) is 2.43. The number of rotatable bonds is 6. The van der Waals surface area contributed by atoms with Crippen LogP contribution in [0, 0.1) is 12.8 Å². The van der Waals surface area contributed by atoms with Gasteiger partial charge in [-0.05, 0) is 31.7 Å². The smallest absolute Gasteiger partial charge is 0.271 e. The predicted octanol–water partition coefficient (Wildman–Crippen LogP) is 2.05. The van der Waals surface area contributed by atoms with Crippen molar-refractivity contribution in [3.05, 3.63) is 47.2 Å². The highest BCUT2D eigenvalue weighted by Crippen LogP contribution is 2.30. The van der Waals surface area contributed by atoms with Gasteiger partial charge >= 0.3 is 0 Å². The SMILES string of the molecule is Cc1ccc(CCNC(=O)c2cc(NC(=O)C3CC3)n(C)n2)cc1. The van der Waals surface area contributed by atoms with Gasteiger partial charge in [-0.2, -0.15) is 5.10 Å². The predicted molar refractivity (Wildman–Crippen MR) is 91.8 cm³/mol. The Kier molecular flexibility index (Phi) is 4.64. The molecule has 3 rings (SSSR count). The van der Waals surface area contributed by atoms with Gasteiger partial charge in [0.1, 0.15) is 5.82 Å². The maximum Gasteiger partial charge on any atom is 0.271 e. The Hall–Kier alpha value is -2.63. The summed E-state index contributed by atoms with van der Waals surface area (Å²) in [7, 11) is 1.71. The van der Waals surface area contributed by atoms with Gasteiger partial charge in [0.05, 0.1) is 0 Å². The highest BCUT2D eigenvalue weighted by Gasteiger charge is 2.30. The first-order valence-electron chi connectivity index (χ1n) is 8.21. The maximum atomic E-state index is 12.2. The molecular formula is C18H22N4O2. The fraction of sp³-hybridized carbons (Fsp3) is 0.389. The molecule has 1 fully saturated rings. The maximum absolute atomic E-state index is 12.2. The summed E-state index contributed by atoms with van der Waals surface area (Å²) in [5, 5.41) is 9.85. The summed E-state index contributed by atoms with van der Waals surface area (Å²) in [6, 6.07) is 9.86. The average Bonchev–Trinajstić information content (AvgIpc) is 3.34. The summed E-state index contributed by atoms with van der Waals surface area (Å²) < 4.78 is 1.52. The van der Waals surface area contributed by atoms with E-state index in [-0.39, 0.29) is 17.7 Å². The molecule has 0 spiro atoms. The first-order valence-corrected chi connectivity index (χ1v) is 8.21. The van der Waals surface area contributed by atoms with E-state index < -0.39 is 0 Å². The summed E-state index contributed by atoms with van der Waals surface area (Å²) in [4.78, 5) is 24.0. The number of aryl methyl sites for hydroxylation is 2. The number of amides is 2. The van der Waals surface area contributed by atoms with E-state index in [4.69, 9.17) is 0 Å². The van der Waals surface area contributed by atoms with Crippen LogP contribution < -0.4 is 10.6 Å². The summed E-state index contributed by atoms with van der Waals surface area (Å²) in [6.07, 6.45) is 2.65. The lowest BCUT2D eigenvalue weighted by Gasteiger charge is -2.04. The monoisotopic (exact) mass is 326 g/mol. The normalized spacial score (nSPS) is 13.6.